The van der Waals surface area contributed by atoms with Crippen LogP contribution in [0.2, 0.25) is 0 Å². The minimum atomic E-state index is -0.731. The quantitative estimate of drug-likeness (QED) is 0.363. The fraction of sp³-hybridized carbons (Fsp3) is 0.692. The molecule has 0 aliphatic rings. The summed E-state index contributed by atoms with van der Waals surface area (Å²) in [4.78, 5) is 21.5. The molecule has 17 heavy (non-hydrogen) atoms. The number of ether oxygens (including phenoxy) is 1. The van der Waals surface area contributed by atoms with Crippen LogP contribution >= 0.6 is 0 Å². The van der Waals surface area contributed by atoms with Crippen LogP contribution in [-0.2, 0) is 14.3 Å². The van der Waals surface area contributed by atoms with Crippen LogP contribution in [0.15, 0.2) is 12.8 Å². The minimum absolute atomic E-state index is 0.0907. The molecule has 98 valence electrons. The smallest absolute Gasteiger partial charge is 0.313 e. The highest BCUT2D eigenvalue weighted by atomic mass is 16.5. The van der Waals surface area contributed by atoms with E-state index < -0.39 is 5.97 Å². The lowest BCUT2D eigenvalue weighted by Gasteiger charge is -2.08. The average molecular weight is 242 g/mol. The van der Waals surface area contributed by atoms with Gasteiger partial charge in [0.1, 0.15) is 0 Å². The molecule has 0 aromatic rings. The molecule has 0 radical (unpaired) electrons. The summed E-state index contributed by atoms with van der Waals surface area (Å²) in [6.07, 6.45) is 6.93. The first-order chi connectivity index (χ1) is 8.07. The Morgan fingerprint density at radius 2 is 1.82 bits per heavy atom. The Hall–Kier alpha value is -1.32. The molecule has 0 aliphatic carbocycles. The van der Waals surface area contributed by atoms with Crippen molar-refractivity contribution in [2.75, 3.05) is 0 Å². The van der Waals surface area contributed by atoms with Crippen LogP contribution in [0.5, 0.6) is 0 Å². The molecule has 0 bridgehead atoms. The Morgan fingerprint density at radius 1 is 1.24 bits per heavy atom. The Balaban J connectivity index is 3.35. The standard InChI is InChI=1S/C13H22O4/c1-3-17-13(16)11(2)9-7-5-4-6-8-10-12(14)15/h3,11H,1,4-10H2,2H3,(H,14,15). The van der Waals surface area contributed by atoms with Crippen molar-refractivity contribution in [3.05, 3.63) is 12.8 Å². The van der Waals surface area contributed by atoms with Crippen molar-refractivity contribution in [1.82, 2.24) is 0 Å². The van der Waals surface area contributed by atoms with Gasteiger partial charge in [0.05, 0.1) is 12.2 Å². The molecule has 0 aromatic heterocycles. The van der Waals surface area contributed by atoms with Crippen LogP contribution in [0.3, 0.4) is 0 Å². The third kappa shape index (κ3) is 9.60. The maximum absolute atomic E-state index is 11.2. The van der Waals surface area contributed by atoms with Gasteiger partial charge >= 0.3 is 11.9 Å². The molecule has 1 N–H and O–H groups in total. The monoisotopic (exact) mass is 242 g/mol. The Kier molecular flexibility index (Phi) is 9.11. The number of carboxylic acid groups (broad SMARTS) is 1. The van der Waals surface area contributed by atoms with Crippen molar-refractivity contribution >= 4 is 11.9 Å². The van der Waals surface area contributed by atoms with E-state index in [2.05, 4.69) is 11.3 Å². The third-order valence-electron chi connectivity index (χ3n) is 2.63. The van der Waals surface area contributed by atoms with Crippen LogP contribution in [-0.4, -0.2) is 17.0 Å². The highest BCUT2D eigenvalue weighted by Crippen LogP contribution is 2.13. The van der Waals surface area contributed by atoms with E-state index in [9.17, 15) is 9.59 Å². The first-order valence-electron chi connectivity index (χ1n) is 6.11. The molecular weight excluding hydrogens is 220 g/mol. The fourth-order valence-corrected chi connectivity index (χ4v) is 1.57. The van der Waals surface area contributed by atoms with Crippen LogP contribution in [0.25, 0.3) is 0 Å². The van der Waals surface area contributed by atoms with Crippen molar-refractivity contribution in [1.29, 1.82) is 0 Å². The van der Waals surface area contributed by atoms with E-state index in [0.29, 0.717) is 0 Å². The van der Waals surface area contributed by atoms with Gasteiger partial charge in [-0.25, -0.2) is 0 Å². The number of carbonyl (C=O) groups is 2. The predicted molar refractivity (Wildman–Crippen MR) is 65.4 cm³/mol. The molecule has 1 unspecified atom stereocenters. The lowest BCUT2D eigenvalue weighted by molar-refractivity contribution is -0.142. The van der Waals surface area contributed by atoms with E-state index in [1.807, 2.05) is 6.92 Å². The zero-order chi connectivity index (χ0) is 13.1. The van der Waals surface area contributed by atoms with Gasteiger partial charge in [0.2, 0.25) is 0 Å². The molecule has 4 heteroatoms. The van der Waals surface area contributed by atoms with Crippen LogP contribution in [0.1, 0.15) is 51.9 Å². The molecule has 0 amide bonds. The summed E-state index contributed by atoms with van der Waals surface area (Å²) in [6.45, 7) is 5.18. The predicted octanol–water partition coefficient (Wildman–Crippen LogP) is 3.12. The van der Waals surface area contributed by atoms with E-state index in [-0.39, 0.29) is 18.3 Å². The fourth-order valence-electron chi connectivity index (χ4n) is 1.57. The zero-order valence-electron chi connectivity index (χ0n) is 10.5. The number of esters is 1. The van der Waals surface area contributed by atoms with Gasteiger partial charge in [0.15, 0.2) is 0 Å². The normalized spacial score (nSPS) is 11.8. The molecule has 0 fully saturated rings. The number of carbonyl (C=O) groups excluding carboxylic acids is 1. The Bertz CT molecular complexity index is 248. The van der Waals surface area contributed by atoms with Gasteiger partial charge in [0.25, 0.3) is 0 Å². The van der Waals surface area contributed by atoms with Crippen molar-refractivity contribution in [3.63, 3.8) is 0 Å². The first-order valence-corrected chi connectivity index (χ1v) is 6.11. The second-order valence-electron chi connectivity index (χ2n) is 4.20. The van der Waals surface area contributed by atoms with E-state index in [0.717, 1.165) is 44.8 Å². The molecule has 0 spiro atoms. The number of hydrogen-bond acceptors (Lipinski definition) is 3. The molecule has 0 aromatic carbocycles. The third-order valence-corrected chi connectivity index (χ3v) is 2.63. The maximum atomic E-state index is 11.2. The lowest BCUT2D eigenvalue weighted by Crippen LogP contribution is -2.11. The van der Waals surface area contributed by atoms with Gasteiger partial charge in [-0.3, -0.25) is 9.59 Å². The van der Waals surface area contributed by atoms with Crippen molar-refractivity contribution < 1.29 is 19.4 Å². The molecule has 1 atom stereocenters. The largest absolute Gasteiger partial charge is 0.481 e. The van der Waals surface area contributed by atoms with Gasteiger partial charge in [-0.2, -0.15) is 0 Å². The summed E-state index contributed by atoms with van der Waals surface area (Å²) >= 11 is 0. The van der Waals surface area contributed by atoms with Crippen molar-refractivity contribution in [3.8, 4) is 0 Å². The summed E-state index contributed by atoms with van der Waals surface area (Å²) in [5, 5.41) is 8.44. The summed E-state index contributed by atoms with van der Waals surface area (Å²) in [5.41, 5.74) is 0. The van der Waals surface area contributed by atoms with Gasteiger partial charge in [0, 0.05) is 6.42 Å². The topological polar surface area (TPSA) is 63.6 Å². The first kappa shape index (κ1) is 15.7. The van der Waals surface area contributed by atoms with Crippen molar-refractivity contribution in [2.45, 2.75) is 51.9 Å². The lowest BCUT2D eigenvalue weighted by atomic mass is 10.0. The molecule has 0 saturated heterocycles. The van der Waals surface area contributed by atoms with Gasteiger partial charge in [-0.05, 0) is 12.8 Å². The van der Waals surface area contributed by atoms with Gasteiger partial charge in [-0.15, -0.1) is 0 Å². The summed E-state index contributed by atoms with van der Waals surface area (Å²) in [6, 6.07) is 0. The second-order valence-corrected chi connectivity index (χ2v) is 4.20. The summed E-state index contributed by atoms with van der Waals surface area (Å²) < 4.78 is 4.69. The van der Waals surface area contributed by atoms with E-state index in [4.69, 9.17) is 5.11 Å². The van der Waals surface area contributed by atoms with Crippen LogP contribution < -0.4 is 0 Å². The maximum Gasteiger partial charge on any atom is 0.313 e. The zero-order valence-corrected chi connectivity index (χ0v) is 10.5. The Morgan fingerprint density at radius 3 is 2.41 bits per heavy atom. The molecule has 4 nitrogen and oxygen atoms in total. The van der Waals surface area contributed by atoms with Gasteiger partial charge in [-0.1, -0.05) is 39.2 Å². The minimum Gasteiger partial charge on any atom is -0.481 e. The van der Waals surface area contributed by atoms with Crippen molar-refractivity contribution in [2.24, 2.45) is 5.92 Å². The Labute approximate surface area is 103 Å². The van der Waals surface area contributed by atoms with E-state index in [1.165, 1.54) is 0 Å². The van der Waals surface area contributed by atoms with E-state index >= 15 is 0 Å². The second kappa shape index (κ2) is 9.87. The van der Waals surface area contributed by atoms with Gasteiger partial charge < -0.3 is 9.84 Å². The molecule has 0 aliphatic heterocycles. The van der Waals surface area contributed by atoms with Crippen LogP contribution in [0, 0.1) is 5.92 Å². The molecule has 0 rings (SSSR count). The number of unbranched alkanes of at least 4 members (excludes halogenated alkanes) is 4. The summed E-state index contributed by atoms with van der Waals surface area (Å²) in [7, 11) is 0. The highest BCUT2D eigenvalue weighted by Gasteiger charge is 2.12. The number of hydrogen-bond donors (Lipinski definition) is 1. The van der Waals surface area contributed by atoms with Crippen LogP contribution in [0.4, 0.5) is 0 Å². The highest BCUT2D eigenvalue weighted by molar-refractivity contribution is 5.72. The SMILES string of the molecule is C=COC(=O)C(C)CCCCCCCC(=O)O. The number of carboxylic acids is 1. The number of rotatable bonds is 10. The average Bonchev–Trinajstić information content (AvgIpc) is 2.27. The molecule has 0 saturated carbocycles. The summed E-state index contributed by atoms with van der Waals surface area (Å²) in [5.74, 6) is -1.05. The molecule has 0 heterocycles. The number of aliphatic carboxylic acids is 1. The molecular formula is C13H22O4. The van der Waals surface area contributed by atoms with E-state index in [1.54, 1.807) is 0 Å².